The fourth-order valence-electron chi connectivity index (χ4n) is 3.37. The quantitative estimate of drug-likeness (QED) is 0.516. The highest BCUT2D eigenvalue weighted by atomic mass is 16.5. The standard InChI is InChI=1S/C24H20N2O3/c1-16-9-3-6-12-20(16)25-15-19-17-10-4-5-11-18(17)23(27)26(24(19)28)21-13-7-8-14-22(21)29-2/h3-15,28H,1-2H3. The van der Waals surface area contributed by atoms with Gasteiger partial charge in [-0.15, -0.1) is 0 Å². The summed E-state index contributed by atoms with van der Waals surface area (Å²) >= 11 is 0. The van der Waals surface area contributed by atoms with E-state index in [4.69, 9.17) is 4.74 Å². The average Bonchev–Trinajstić information content (AvgIpc) is 2.75. The fourth-order valence-corrected chi connectivity index (χ4v) is 3.37. The van der Waals surface area contributed by atoms with Gasteiger partial charge < -0.3 is 9.84 Å². The van der Waals surface area contributed by atoms with Crippen LogP contribution in [-0.4, -0.2) is 23.0 Å². The van der Waals surface area contributed by atoms with Crippen LogP contribution in [0.3, 0.4) is 0 Å². The highest BCUT2D eigenvalue weighted by molar-refractivity contribution is 6.02. The number of aryl methyl sites for hydroxylation is 1. The smallest absolute Gasteiger partial charge is 0.265 e. The Balaban J connectivity index is 2.02. The number of ether oxygens (including phenoxy) is 1. The first-order valence-corrected chi connectivity index (χ1v) is 9.21. The van der Waals surface area contributed by atoms with E-state index < -0.39 is 0 Å². The summed E-state index contributed by atoms with van der Waals surface area (Å²) in [4.78, 5) is 17.8. The maximum absolute atomic E-state index is 13.2. The number of aromatic nitrogens is 1. The predicted octanol–water partition coefficient (Wildman–Crippen LogP) is 4.76. The van der Waals surface area contributed by atoms with Gasteiger partial charge in [0.1, 0.15) is 5.75 Å². The van der Waals surface area contributed by atoms with Gasteiger partial charge in [-0.3, -0.25) is 9.79 Å². The molecule has 4 aromatic rings. The second kappa shape index (κ2) is 7.64. The first-order chi connectivity index (χ1) is 14.1. The predicted molar refractivity (Wildman–Crippen MR) is 116 cm³/mol. The maximum Gasteiger partial charge on any atom is 0.265 e. The average molecular weight is 384 g/mol. The molecule has 0 unspecified atom stereocenters. The van der Waals surface area contributed by atoms with Gasteiger partial charge in [0.25, 0.3) is 5.56 Å². The van der Waals surface area contributed by atoms with Crippen molar-refractivity contribution in [3.8, 4) is 17.3 Å². The van der Waals surface area contributed by atoms with Gasteiger partial charge in [-0.2, -0.15) is 0 Å². The summed E-state index contributed by atoms with van der Waals surface area (Å²) in [6.45, 7) is 1.97. The van der Waals surface area contributed by atoms with Crippen molar-refractivity contribution in [3.05, 3.63) is 94.3 Å². The van der Waals surface area contributed by atoms with Crippen molar-refractivity contribution in [2.45, 2.75) is 6.92 Å². The molecule has 0 radical (unpaired) electrons. The van der Waals surface area contributed by atoms with Crippen molar-refractivity contribution in [2.24, 2.45) is 4.99 Å². The Morgan fingerprint density at radius 2 is 1.59 bits per heavy atom. The fraction of sp³-hybridized carbons (Fsp3) is 0.0833. The summed E-state index contributed by atoms with van der Waals surface area (Å²) in [6.07, 6.45) is 1.60. The number of pyridine rings is 1. The lowest BCUT2D eigenvalue weighted by molar-refractivity contribution is 0.404. The molecule has 0 aliphatic heterocycles. The second-order valence-corrected chi connectivity index (χ2v) is 6.64. The third-order valence-electron chi connectivity index (χ3n) is 4.88. The minimum atomic E-state index is -0.323. The Morgan fingerprint density at radius 3 is 2.34 bits per heavy atom. The van der Waals surface area contributed by atoms with Crippen molar-refractivity contribution < 1.29 is 9.84 Å². The van der Waals surface area contributed by atoms with Crippen molar-refractivity contribution >= 4 is 22.7 Å². The molecule has 0 atom stereocenters. The van der Waals surface area contributed by atoms with Crippen LogP contribution in [0.15, 0.2) is 82.6 Å². The highest BCUT2D eigenvalue weighted by Gasteiger charge is 2.18. The summed E-state index contributed by atoms with van der Waals surface area (Å²) in [5, 5.41) is 12.2. The van der Waals surface area contributed by atoms with Crippen molar-refractivity contribution in [1.29, 1.82) is 0 Å². The minimum Gasteiger partial charge on any atom is -0.495 e. The van der Waals surface area contributed by atoms with E-state index in [0.29, 0.717) is 27.8 Å². The molecule has 0 aliphatic rings. The van der Waals surface area contributed by atoms with Gasteiger partial charge in [-0.1, -0.05) is 48.5 Å². The second-order valence-electron chi connectivity index (χ2n) is 6.64. The summed E-state index contributed by atoms with van der Waals surface area (Å²) in [7, 11) is 1.53. The number of hydrogen-bond acceptors (Lipinski definition) is 4. The lowest BCUT2D eigenvalue weighted by atomic mass is 10.1. The zero-order valence-corrected chi connectivity index (χ0v) is 16.2. The Labute approximate surface area is 168 Å². The molecule has 4 rings (SSSR count). The largest absolute Gasteiger partial charge is 0.495 e. The molecule has 29 heavy (non-hydrogen) atoms. The Morgan fingerprint density at radius 1 is 0.931 bits per heavy atom. The van der Waals surface area contributed by atoms with E-state index in [0.717, 1.165) is 11.3 Å². The molecule has 0 spiro atoms. The van der Waals surface area contributed by atoms with Crippen molar-refractivity contribution in [3.63, 3.8) is 0 Å². The third kappa shape index (κ3) is 3.27. The number of para-hydroxylation sites is 3. The van der Waals surface area contributed by atoms with Crippen molar-refractivity contribution in [2.75, 3.05) is 7.11 Å². The molecule has 0 saturated carbocycles. The number of aliphatic imine (C=N–C) groups is 1. The van der Waals surface area contributed by atoms with Crippen LogP contribution in [0.1, 0.15) is 11.1 Å². The molecule has 0 fully saturated rings. The van der Waals surface area contributed by atoms with Gasteiger partial charge in [-0.25, -0.2) is 4.57 Å². The van der Waals surface area contributed by atoms with E-state index >= 15 is 0 Å². The SMILES string of the molecule is COc1ccccc1-n1c(O)c(C=Nc2ccccc2C)c2ccccc2c1=O. The number of nitrogens with zero attached hydrogens (tertiary/aromatic N) is 2. The van der Waals surface area contributed by atoms with E-state index in [2.05, 4.69) is 4.99 Å². The van der Waals surface area contributed by atoms with Crippen LogP contribution in [0, 0.1) is 6.92 Å². The highest BCUT2D eigenvalue weighted by Crippen LogP contribution is 2.30. The molecule has 1 heterocycles. The number of rotatable bonds is 4. The third-order valence-corrected chi connectivity index (χ3v) is 4.88. The first kappa shape index (κ1) is 18.5. The molecule has 0 aliphatic carbocycles. The lowest BCUT2D eigenvalue weighted by Crippen LogP contribution is -2.20. The summed E-state index contributed by atoms with van der Waals surface area (Å²) in [5.41, 5.74) is 2.43. The van der Waals surface area contributed by atoms with Crippen LogP contribution in [0.25, 0.3) is 16.5 Å². The summed E-state index contributed by atoms with van der Waals surface area (Å²) in [6, 6.07) is 22.0. The zero-order valence-electron chi connectivity index (χ0n) is 16.2. The maximum atomic E-state index is 13.2. The Bertz CT molecular complexity index is 1290. The zero-order chi connectivity index (χ0) is 20.4. The molecule has 0 saturated heterocycles. The van der Waals surface area contributed by atoms with Crippen LogP contribution < -0.4 is 10.3 Å². The van der Waals surface area contributed by atoms with Crippen LogP contribution in [0.5, 0.6) is 11.6 Å². The van der Waals surface area contributed by atoms with E-state index in [1.165, 1.54) is 11.7 Å². The van der Waals surface area contributed by atoms with E-state index in [1.807, 2.05) is 49.4 Å². The molecular formula is C24H20N2O3. The van der Waals surface area contributed by atoms with Crippen LogP contribution in [0.4, 0.5) is 5.69 Å². The van der Waals surface area contributed by atoms with Gasteiger partial charge in [0.05, 0.1) is 24.0 Å². The van der Waals surface area contributed by atoms with E-state index in [-0.39, 0.29) is 11.4 Å². The van der Waals surface area contributed by atoms with E-state index in [1.54, 1.807) is 36.5 Å². The number of fused-ring (bicyclic) bond motifs is 1. The molecule has 3 aromatic carbocycles. The lowest BCUT2D eigenvalue weighted by Gasteiger charge is -2.16. The van der Waals surface area contributed by atoms with Crippen LogP contribution >= 0.6 is 0 Å². The van der Waals surface area contributed by atoms with Gasteiger partial charge >= 0.3 is 0 Å². The number of methoxy groups -OCH3 is 1. The first-order valence-electron chi connectivity index (χ1n) is 9.21. The molecule has 5 heteroatoms. The van der Waals surface area contributed by atoms with Crippen LogP contribution in [0.2, 0.25) is 0 Å². The normalized spacial score (nSPS) is 11.2. The summed E-state index contributed by atoms with van der Waals surface area (Å²) in [5.74, 6) is 0.303. The Kier molecular flexibility index (Phi) is 4.87. The van der Waals surface area contributed by atoms with E-state index in [9.17, 15) is 9.90 Å². The number of aromatic hydroxyl groups is 1. The molecule has 5 nitrogen and oxygen atoms in total. The van der Waals surface area contributed by atoms with Crippen molar-refractivity contribution in [1.82, 2.24) is 4.57 Å². The van der Waals surface area contributed by atoms with Gasteiger partial charge in [0.15, 0.2) is 0 Å². The van der Waals surface area contributed by atoms with Crippen LogP contribution in [-0.2, 0) is 0 Å². The molecule has 144 valence electrons. The summed E-state index contributed by atoms with van der Waals surface area (Å²) < 4.78 is 6.67. The molecule has 1 N–H and O–H groups in total. The monoisotopic (exact) mass is 384 g/mol. The number of hydrogen-bond donors (Lipinski definition) is 1. The topological polar surface area (TPSA) is 63.8 Å². The van der Waals surface area contributed by atoms with Gasteiger partial charge in [-0.05, 0) is 36.8 Å². The molecule has 0 amide bonds. The molecule has 1 aromatic heterocycles. The molecule has 0 bridgehead atoms. The number of benzene rings is 3. The van der Waals surface area contributed by atoms with Gasteiger partial charge in [0.2, 0.25) is 5.88 Å². The molecular weight excluding hydrogens is 364 g/mol. The van der Waals surface area contributed by atoms with Gasteiger partial charge in [0, 0.05) is 17.0 Å². The minimum absolute atomic E-state index is 0.185. The Hall–Kier alpha value is -3.86.